The van der Waals surface area contributed by atoms with Crippen LogP contribution in [-0.2, 0) is 19.0 Å². The fraction of sp³-hybridized carbons (Fsp3) is 0.261. The summed E-state index contributed by atoms with van der Waals surface area (Å²) >= 11 is 2.39. The summed E-state index contributed by atoms with van der Waals surface area (Å²) in [5, 5.41) is 0.467. The molecule has 0 radical (unpaired) electrons. The molecule has 33 heavy (non-hydrogen) atoms. The number of alkyl halides is 3. The summed E-state index contributed by atoms with van der Waals surface area (Å²) in [4.78, 5) is 35.2. The van der Waals surface area contributed by atoms with Crippen molar-refractivity contribution in [1.29, 1.82) is 0 Å². The van der Waals surface area contributed by atoms with Crippen molar-refractivity contribution in [3.63, 3.8) is 0 Å². The number of halogens is 3. The molecule has 4 aromatic rings. The summed E-state index contributed by atoms with van der Waals surface area (Å²) in [6, 6.07) is 8.29. The first-order valence-electron chi connectivity index (χ1n) is 10.4. The number of para-hydroxylation sites is 1. The van der Waals surface area contributed by atoms with Crippen LogP contribution < -0.4 is 5.56 Å². The van der Waals surface area contributed by atoms with Gasteiger partial charge in [-0.1, -0.05) is 23.9 Å². The second kappa shape index (κ2) is 8.49. The molecule has 0 bridgehead atoms. The molecule has 3 heterocycles. The van der Waals surface area contributed by atoms with Crippen LogP contribution in [0.1, 0.15) is 39.3 Å². The third-order valence-electron chi connectivity index (χ3n) is 5.64. The van der Waals surface area contributed by atoms with Gasteiger partial charge in [-0.25, -0.2) is 4.98 Å². The molecule has 0 unspecified atom stereocenters. The van der Waals surface area contributed by atoms with E-state index in [2.05, 4.69) is 9.97 Å². The number of aryl methyl sites for hydroxylation is 2. The Morgan fingerprint density at radius 2 is 1.94 bits per heavy atom. The van der Waals surface area contributed by atoms with Crippen LogP contribution in [0.15, 0.2) is 52.5 Å². The monoisotopic (exact) mass is 489 g/mol. The van der Waals surface area contributed by atoms with Gasteiger partial charge in [-0.2, -0.15) is 13.2 Å². The van der Waals surface area contributed by atoms with Crippen molar-refractivity contribution < 1.29 is 18.0 Å². The normalized spacial score (nSPS) is 13.9. The standard InChI is InChI=1S/C23H18F3N3O2S2/c24-23(25,26)14-7-2-3-9-16(14)29-21(31)19-13-6-1-4-10-18(13)33-20(19)28-22(29)32-12-17(30)15-8-5-11-27-15/h2-3,5,7-9,11,27H,1,4,6,10,12H2. The minimum Gasteiger partial charge on any atom is -0.359 e. The van der Waals surface area contributed by atoms with Crippen LogP contribution in [0.2, 0.25) is 0 Å². The third kappa shape index (κ3) is 4.02. The molecule has 0 saturated carbocycles. The summed E-state index contributed by atoms with van der Waals surface area (Å²) < 4.78 is 42.5. The minimum absolute atomic E-state index is 0.0717. The second-order valence-electron chi connectivity index (χ2n) is 7.74. The van der Waals surface area contributed by atoms with Crippen LogP contribution in [0.3, 0.4) is 0 Å². The average molecular weight is 490 g/mol. The lowest BCUT2D eigenvalue weighted by atomic mass is 9.97. The van der Waals surface area contributed by atoms with E-state index in [0.29, 0.717) is 22.3 Å². The van der Waals surface area contributed by atoms with Crippen molar-refractivity contribution in [2.24, 2.45) is 0 Å². The number of H-pyrrole nitrogens is 1. The van der Waals surface area contributed by atoms with Gasteiger partial charge in [0.2, 0.25) is 0 Å². The Kier molecular flexibility index (Phi) is 5.65. The lowest BCUT2D eigenvalue weighted by Crippen LogP contribution is -2.25. The van der Waals surface area contributed by atoms with Gasteiger partial charge in [-0.3, -0.25) is 14.2 Å². The van der Waals surface area contributed by atoms with Crippen LogP contribution >= 0.6 is 23.1 Å². The number of thiophene rings is 1. The van der Waals surface area contributed by atoms with Crippen molar-refractivity contribution >= 4 is 39.1 Å². The summed E-state index contributed by atoms with van der Waals surface area (Å²) in [5.74, 6) is -0.307. The zero-order chi connectivity index (χ0) is 23.2. The first-order chi connectivity index (χ1) is 15.8. The summed E-state index contributed by atoms with van der Waals surface area (Å²) in [7, 11) is 0. The number of carbonyl (C=O) groups excluding carboxylic acids is 1. The van der Waals surface area contributed by atoms with E-state index in [9.17, 15) is 22.8 Å². The first kappa shape index (κ1) is 22.0. The van der Waals surface area contributed by atoms with Gasteiger partial charge >= 0.3 is 6.18 Å². The van der Waals surface area contributed by atoms with Crippen molar-refractivity contribution in [2.45, 2.75) is 37.0 Å². The van der Waals surface area contributed by atoms with Crippen molar-refractivity contribution in [3.05, 3.63) is 74.6 Å². The van der Waals surface area contributed by atoms with Gasteiger partial charge in [0.05, 0.1) is 28.1 Å². The highest BCUT2D eigenvalue weighted by Crippen LogP contribution is 2.38. The Balaban J connectivity index is 1.70. The molecule has 3 aromatic heterocycles. The van der Waals surface area contributed by atoms with Crippen molar-refractivity contribution in [3.8, 4) is 5.69 Å². The quantitative estimate of drug-likeness (QED) is 0.224. The Labute approximate surface area is 194 Å². The van der Waals surface area contributed by atoms with Crippen LogP contribution in [0.5, 0.6) is 0 Å². The lowest BCUT2D eigenvalue weighted by Gasteiger charge is -2.17. The number of Topliss-reactive ketones (excluding diaryl/α,β-unsaturated/α-hetero) is 1. The molecular weight excluding hydrogens is 471 g/mol. The first-order valence-corrected chi connectivity index (χ1v) is 12.2. The second-order valence-corrected chi connectivity index (χ2v) is 9.76. The van der Waals surface area contributed by atoms with E-state index in [1.807, 2.05) is 0 Å². The maximum absolute atomic E-state index is 13.8. The largest absolute Gasteiger partial charge is 0.418 e. The molecule has 1 aliphatic carbocycles. The molecule has 5 nitrogen and oxygen atoms in total. The maximum Gasteiger partial charge on any atom is 0.418 e. The number of nitrogens with one attached hydrogen (secondary N) is 1. The molecule has 0 atom stereocenters. The topological polar surface area (TPSA) is 67.8 Å². The zero-order valence-electron chi connectivity index (χ0n) is 17.2. The predicted octanol–water partition coefficient (Wildman–Crippen LogP) is 5.65. The summed E-state index contributed by atoms with van der Waals surface area (Å²) in [5.41, 5.74) is -0.438. The number of aromatic nitrogens is 3. The van der Waals surface area contributed by atoms with Gasteiger partial charge in [-0.05, 0) is 55.5 Å². The van der Waals surface area contributed by atoms with Crippen LogP contribution in [0, 0.1) is 0 Å². The van der Waals surface area contributed by atoms with E-state index in [-0.39, 0.29) is 22.4 Å². The molecule has 0 spiro atoms. The Morgan fingerprint density at radius 1 is 1.15 bits per heavy atom. The van der Waals surface area contributed by atoms with Gasteiger partial charge in [0.25, 0.3) is 5.56 Å². The number of hydrogen-bond acceptors (Lipinski definition) is 5. The Morgan fingerprint density at radius 3 is 2.70 bits per heavy atom. The number of nitrogens with zero attached hydrogens (tertiary/aromatic N) is 2. The smallest absolute Gasteiger partial charge is 0.359 e. The molecule has 170 valence electrons. The highest BCUT2D eigenvalue weighted by Gasteiger charge is 2.35. The summed E-state index contributed by atoms with van der Waals surface area (Å²) in [6.45, 7) is 0. The van der Waals surface area contributed by atoms with Gasteiger partial charge in [-0.15, -0.1) is 11.3 Å². The fourth-order valence-electron chi connectivity index (χ4n) is 4.12. The van der Waals surface area contributed by atoms with E-state index in [0.717, 1.165) is 52.1 Å². The van der Waals surface area contributed by atoms with Crippen molar-refractivity contribution in [1.82, 2.24) is 14.5 Å². The number of hydrogen-bond donors (Lipinski definition) is 1. The SMILES string of the molecule is O=C(CSc1nc2sc3c(c2c(=O)n1-c1ccccc1C(F)(F)F)CCCC3)c1ccc[nH]1. The van der Waals surface area contributed by atoms with Crippen LogP contribution in [-0.4, -0.2) is 26.1 Å². The third-order valence-corrected chi connectivity index (χ3v) is 7.76. The molecule has 1 N–H and O–H groups in total. The Hall–Kier alpha value is -2.85. The number of fused-ring (bicyclic) bond motifs is 3. The van der Waals surface area contributed by atoms with E-state index in [1.165, 1.54) is 29.5 Å². The highest BCUT2D eigenvalue weighted by molar-refractivity contribution is 7.99. The van der Waals surface area contributed by atoms with E-state index in [4.69, 9.17) is 0 Å². The molecular formula is C23H18F3N3O2S2. The summed E-state index contributed by atoms with van der Waals surface area (Å²) in [6.07, 6.45) is 0.457. The number of aromatic amines is 1. The molecule has 0 aliphatic heterocycles. The number of benzene rings is 1. The zero-order valence-corrected chi connectivity index (χ0v) is 18.9. The van der Waals surface area contributed by atoms with Gasteiger partial charge in [0.1, 0.15) is 4.83 Å². The minimum atomic E-state index is -4.65. The van der Waals surface area contributed by atoms with Gasteiger partial charge in [0, 0.05) is 11.1 Å². The van der Waals surface area contributed by atoms with E-state index in [1.54, 1.807) is 18.3 Å². The van der Waals surface area contributed by atoms with Gasteiger partial charge < -0.3 is 4.98 Å². The molecule has 0 saturated heterocycles. The highest BCUT2D eigenvalue weighted by atomic mass is 32.2. The van der Waals surface area contributed by atoms with Gasteiger partial charge in [0.15, 0.2) is 10.9 Å². The molecule has 10 heteroatoms. The fourth-order valence-corrected chi connectivity index (χ4v) is 6.31. The lowest BCUT2D eigenvalue weighted by molar-refractivity contribution is -0.137. The number of rotatable bonds is 5. The molecule has 0 amide bonds. The molecule has 1 aliphatic rings. The number of carbonyl (C=O) groups is 1. The van der Waals surface area contributed by atoms with Crippen LogP contribution in [0.4, 0.5) is 13.2 Å². The molecule has 0 fully saturated rings. The number of ketones is 1. The predicted molar refractivity (Wildman–Crippen MR) is 123 cm³/mol. The number of thioether (sulfide) groups is 1. The molecule has 5 rings (SSSR count). The van der Waals surface area contributed by atoms with Crippen molar-refractivity contribution in [2.75, 3.05) is 5.75 Å². The average Bonchev–Trinajstić information content (AvgIpc) is 3.45. The van der Waals surface area contributed by atoms with Crippen LogP contribution in [0.25, 0.3) is 15.9 Å². The maximum atomic E-state index is 13.8. The van der Waals surface area contributed by atoms with E-state index >= 15 is 0 Å². The van der Waals surface area contributed by atoms with E-state index < -0.39 is 17.3 Å². The molecule has 1 aromatic carbocycles. The Bertz CT molecular complexity index is 1410.